The largest absolute Gasteiger partial charge is 0.348 e. The lowest BCUT2D eigenvalue weighted by atomic mass is 10.2. The minimum Gasteiger partial charge on any atom is -0.348 e. The van der Waals surface area contributed by atoms with Crippen LogP contribution in [0.3, 0.4) is 0 Å². The number of rotatable bonds is 5. The summed E-state index contributed by atoms with van der Waals surface area (Å²) in [5, 5.41) is 4.15. The van der Waals surface area contributed by atoms with Crippen LogP contribution in [0.2, 0.25) is 0 Å². The van der Waals surface area contributed by atoms with Gasteiger partial charge in [-0.1, -0.05) is 6.92 Å². The second-order valence-electron chi connectivity index (χ2n) is 4.26. The maximum absolute atomic E-state index is 11.4. The molecule has 0 heterocycles. The summed E-state index contributed by atoms with van der Waals surface area (Å²) in [4.78, 5) is 13.0. The first-order valence-corrected chi connectivity index (χ1v) is 6.73. The molecule has 0 saturated heterocycles. The van der Waals surface area contributed by atoms with E-state index in [1.807, 2.05) is 11.8 Å². The molecule has 3 nitrogen and oxygen atoms in total. The summed E-state index contributed by atoms with van der Waals surface area (Å²) in [6, 6.07) is 0.554. The number of nitrogens with one attached hydrogen (secondary N) is 1. The van der Waals surface area contributed by atoms with E-state index in [0.717, 1.165) is 5.25 Å². The normalized spacial score (nSPS) is 25.5. The summed E-state index contributed by atoms with van der Waals surface area (Å²) in [5.41, 5.74) is 0. The first-order chi connectivity index (χ1) is 7.13. The van der Waals surface area contributed by atoms with E-state index in [1.165, 1.54) is 25.0 Å². The van der Waals surface area contributed by atoms with Crippen molar-refractivity contribution in [1.29, 1.82) is 0 Å². The van der Waals surface area contributed by atoms with Gasteiger partial charge in [0.25, 0.3) is 0 Å². The maximum atomic E-state index is 11.4. The molecule has 88 valence electrons. The monoisotopic (exact) mass is 230 g/mol. The molecule has 0 spiro atoms. The van der Waals surface area contributed by atoms with Crippen LogP contribution in [-0.4, -0.2) is 48.5 Å². The van der Waals surface area contributed by atoms with Crippen molar-refractivity contribution >= 4 is 17.7 Å². The highest BCUT2D eigenvalue weighted by atomic mass is 32.2. The van der Waals surface area contributed by atoms with Gasteiger partial charge in [0.1, 0.15) is 0 Å². The molecule has 1 aliphatic rings. The SMILES string of the molecule is CCSC1CCC(NCC(=O)N(C)C)C1. The van der Waals surface area contributed by atoms with Gasteiger partial charge in [0.2, 0.25) is 5.91 Å². The third kappa shape index (κ3) is 4.43. The molecule has 2 unspecified atom stereocenters. The van der Waals surface area contributed by atoms with Crippen molar-refractivity contribution in [3.63, 3.8) is 0 Å². The fraction of sp³-hybridized carbons (Fsp3) is 0.909. The molecule has 1 fully saturated rings. The van der Waals surface area contributed by atoms with E-state index in [4.69, 9.17) is 0 Å². The van der Waals surface area contributed by atoms with Gasteiger partial charge in [0.05, 0.1) is 6.54 Å². The molecule has 0 aromatic rings. The van der Waals surface area contributed by atoms with Crippen molar-refractivity contribution in [2.75, 3.05) is 26.4 Å². The van der Waals surface area contributed by atoms with Crippen molar-refractivity contribution in [3.05, 3.63) is 0 Å². The summed E-state index contributed by atoms with van der Waals surface area (Å²) in [7, 11) is 3.60. The van der Waals surface area contributed by atoms with Gasteiger partial charge >= 0.3 is 0 Å². The quantitative estimate of drug-likeness (QED) is 0.773. The number of thioether (sulfide) groups is 1. The zero-order valence-corrected chi connectivity index (χ0v) is 10.8. The van der Waals surface area contributed by atoms with E-state index in [0.29, 0.717) is 12.6 Å². The molecule has 15 heavy (non-hydrogen) atoms. The van der Waals surface area contributed by atoms with Crippen molar-refractivity contribution in [1.82, 2.24) is 10.2 Å². The standard InChI is InChI=1S/C11H22N2OS/c1-4-15-10-6-5-9(7-10)12-8-11(14)13(2)3/h9-10,12H,4-8H2,1-3H3. The van der Waals surface area contributed by atoms with Crippen LogP contribution in [0.1, 0.15) is 26.2 Å². The fourth-order valence-electron chi connectivity index (χ4n) is 1.90. The molecule has 1 rings (SSSR count). The van der Waals surface area contributed by atoms with Gasteiger partial charge in [-0.15, -0.1) is 0 Å². The van der Waals surface area contributed by atoms with E-state index in [2.05, 4.69) is 12.2 Å². The number of carbonyl (C=O) groups excluding carboxylic acids is 1. The molecule has 4 heteroatoms. The van der Waals surface area contributed by atoms with Crippen LogP contribution >= 0.6 is 11.8 Å². The predicted molar refractivity (Wildman–Crippen MR) is 66.3 cm³/mol. The van der Waals surface area contributed by atoms with Crippen molar-refractivity contribution in [3.8, 4) is 0 Å². The lowest BCUT2D eigenvalue weighted by Gasteiger charge is -2.15. The molecule has 1 saturated carbocycles. The topological polar surface area (TPSA) is 32.3 Å². The van der Waals surface area contributed by atoms with Crippen LogP contribution in [0.25, 0.3) is 0 Å². The van der Waals surface area contributed by atoms with Crippen molar-refractivity contribution < 1.29 is 4.79 Å². The first-order valence-electron chi connectivity index (χ1n) is 5.68. The maximum Gasteiger partial charge on any atom is 0.236 e. The highest BCUT2D eigenvalue weighted by Crippen LogP contribution is 2.29. The highest BCUT2D eigenvalue weighted by molar-refractivity contribution is 7.99. The van der Waals surface area contributed by atoms with E-state index in [9.17, 15) is 4.79 Å². The summed E-state index contributed by atoms with van der Waals surface area (Å²) in [6.45, 7) is 2.70. The zero-order valence-electron chi connectivity index (χ0n) is 9.95. The van der Waals surface area contributed by atoms with Gasteiger partial charge in [0, 0.05) is 25.4 Å². The van der Waals surface area contributed by atoms with Crippen LogP contribution in [0.5, 0.6) is 0 Å². The van der Waals surface area contributed by atoms with Crippen molar-refractivity contribution in [2.45, 2.75) is 37.5 Å². The summed E-state index contributed by atoms with van der Waals surface area (Å²) < 4.78 is 0. The van der Waals surface area contributed by atoms with Gasteiger partial charge < -0.3 is 10.2 Å². The molecule has 1 aliphatic carbocycles. The number of hydrogen-bond acceptors (Lipinski definition) is 3. The molecule has 0 aromatic carbocycles. The van der Waals surface area contributed by atoms with Gasteiger partial charge in [-0.05, 0) is 25.0 Å². The Morgan fingerprint density at radius 1 is 1.47 bits per heavy atom. The predicted octanol–water partition coefficient (Wildman–Crippen LogP) is 1.34. The second kappa shape index (κ2) is 6.38. The number of nitrogens with zero attached hydrogens (tertiary/aromatic N) is 1. The van der Waals surface area contributed by atoms with Crippen LogP contribution in [0.15, 0.2) is 0 Å². The van der Waals surface area contributed by atoms with Crippen LogP contribution in [0, 0.1) is 0 Å². The van der Waals surface area contributed by atoms with Crippen LogP contribution in [0.4, 0.5) is 0 Å². The van der Waals surface area contributed by atoms with E-state index >= 15 is 0 Å². The molecule has 0 aromatic heterocycles. The molecule has 0 bridgehead atoms. The van der Waals surface area contributed by atoms with Gasteiger partial charge in [-0.25, -0.2) is 0 Å². The lowest BCUT2D eigenvalue weighted by molar-refractivity contribution is -0.127. The second-order valence-corrected chi connectivity index (χ2v) is 5.83. The Kier molecular flexibility index (Phi) is 5.47. The summed E-state index contributed by atoms with van der Waals surface area (Å²) in [6.07, 6.45) is 3.74. The number of carbonyl (C=O) groups is 1. The molecule has 1 amide bonds. The fourth-order valence-corrected chi connectivity index (χ4v) is 3.04. The van der Waals surface area contributed by atoms with E-state index in [1.54, 1.807) is 19.0 Å². The average Bonchev–Trinajstić information content (AvgIpc) is 2.62. The molecular formula is C11H22N2OS. The lowest BCUT2D eigenvalue weighted by Crippen LogP contribution is -2.37. The van der Waals surface area contributed by atoms with E-state index < -0.39 is 0 Å². The van der Waals surface area contributed by atoms with Crippen LogP contribution in [-0.2, 0) is 4.79 Å². The number of likely N-dealkylation sites (N-methyl/N-ethyl adjacent to an activating group) is 1. The third-order valence-electron chi connectivity index (χ3n) is 2.83. The van der Waals surface area contributed by atoms with Gasteiger partial charge in [-0.2, -0.15) is 11.8 Å². The Labute approximate surface area is 97.0 Å². The smallest absolute Gasteiger partial charge is 0.236 e. The Morgan fingerprint density at radius 3 is 2.80 bits per heavy atom. The Hall–Kier alpha value is -0.220. The zero-order chi connectivity index (χ0) is 11.3. The summed E-state index contributed by atoms with van der Waals surface area (Å²) >= 11 is 2.05. The first kappa shape index (κ1) is 12.8. The highest BCUT2D eigenvalue weighted by Gasteiger charge is 2.24. The van der Waals surface area contributed by atoms with Gasteiger partial charge in [-0.3, -0.25) is 4.79 Å². The molecule has 2 atom stereocenters. The Balaban J connectivity index is 2.16. The van der Waals surface area contributed by atoms with Crippen molar-refractivity contribution in [2.24, 2.45) is 0 Å². The van der Waals surface area contributed by atoms with E-state index in [-0.39, 0.29) is 5.91 Å². The minimum absolute atomic E-state index is 0.168. The Bertz CT molecular complexity index is 209. The molecular weight excluding hydrogens is 208 g/mol. The molecule has 0 aliphatic heterocycles. The third-order valence-corrected chi connectivity index (χ3v) is 4.06. The minimum atomic E-state index is 0.168. The number of hydrogen-bond donors (Lipinski definition) is 1. The Morgan fingerprint density at radius 2 is 2.20 bits per heavy atom. The number of amides is 1. The molecule has 1 N–H and O–H groups in total. The van der Waals surface area contributed by atoms with Gasteiger partial charge in [0.15, 0.2) is 0 Å². The van der Waals surface area contributed by atoms with Crippen LogP contribution < -0.4 is 5.32 Å². The molecule has 0 radical (unpaired) electrons. The summed E-state index contributed by atoms with van der Waals surface area (Å²) in [5.74, 6) is 1.37. The average molecular weight is 230 g/mol.